The average Bonchev–Trinajstić information content (AvgIpc) is 2.30. The fraction of sp³-hybridized carbons (Fsp3) is 0.333. The Kier molecular flexibility index (Phi) is 3.72. The zero-order valence-electron chi connectivity index (χ0n) is 6.52. The summed E-state index contributed by atoms with van der Waals surface area (Å²) in [6, 6.07) is 0. The zero-order valence-corrected chi connectivity index (χ0v) is 7.34. The second kappa shape index (κ2) is 4.08. The molecule has 5 nitrogen and oxygen atoms in total. The Morgan fingerprint density at radius 3 is 2.75 bits per heavy atom. The Balaban J connectivity index is 0.00000121. The van der Waals surface area contributed by atoms with E-state index >= 15 is 0 Å². The fourth-order valence-corrected chi connectivity index (χ4v) is 0.908. The molecule has 0 aromatic carbocycles. The SMILES string of the molecule is Cl.Cn1ncc(CN)c1C(=O)O. The number of aromatic carboxylic acids is 1. The number of nitrogens with zero attached hydrogens (tertiary/aromatic N) is 2. The van der Waals surface area contributed by atoms with E-state index in [0.717, 1.165) is 0 Å². The molecule has 0 atom stereocenters. The van der Waals surface area contributed by atoms with Gasteiger partial charge in [-0.2, -0.15) is 5.10 Å². The van der Waals surface area contributed by atoms with Gasteiger partial charge in [0.25, 0.3) is 0 Å². The number of hydrogen-bond acceptors (Lipinski definition) is 3. The summed E-state index contributed by atoms with van der Waals surface area (Å²) in [5, 5.41) is 12.4. The molecule has 0 bridgehead atoms. The van der Waals surface area contributed by atoms with Crippen molar-refractivity contribution in [2.45, 2.75) is 6.54 Å². The minimum Gasteiger partial charge on any atom is -0.477 e. The van der Waals surface area contributed by atoms with Gasteiger partial charge in [0.05, 0.1) is 6.20 Å². The first-order valence-corrected chi connectivity index (χ1v) is 3.11. The molecule has 1 aromatic heterocycles. The molecule has 0 spiro atoms. The number of carbonyl (C=O) groups is 1. The summed E-state index contributed by atoms with van der Waals surface area (Å²) in [5.41, 5.74) is 6.00. The molecule has 0 aliphatic carbocycles. The lowest BCUT2D eigenvalue weighted by molar-refractivity contribution is 0.0683. The third-order valence-corrected chi connectivity index (χ3v) is 1.44. The maximum absolute atomic E-state index is 10.5. The predicted octanol–water partition coefficient (Wildman–Crippen LogP) is -0.00120. The topological polar surface area (TPSA) is 81.1 Å². The zero-order chi connectivity index (χ0) is 8.43. The summed E-state index contributed by atoms with van der Waals surface area (Å²) >= 11 is 0. The number of rotatable bonds is 2. The summed E-state index contributed by atoms with van der Waals surface area (Å²) < 4.78 is 1.30. The van der Waals surface area contributed by atoms with E-state index < -0.39 is 5.97 Å². The highest BCUT2D eigenvalue weighted by molar-refractivity contribution is 5.87. The van der Waals surface area contributed by atoms with Crippen molar-refractivity contribution in [3.8, 4) is 0 Å². The van der Waals surface area contributed by atoms with Crippen LogP contribution in [-0.2, 0) is 13.6 Å². The van der Waals surface area contributed by atoms with Gasteiger partial charge in [-0.3, -0.25) is 4.68 Å². The van der Waals surface area contributed by atoms with E-state index in [-0.39, 0.29) is 24.6 Å². The summed E-state index contributed by atoms with van der Waals surface area (Å²) in [5.74, 6) is -0.995. The maximum Gasteiger partial charge on any atom is 0.354 e. The second-order valence-electron chi connectivity index (χ2n) is 2.15. The highest BCUT2D eigenvalue weighted by Gasteiger charge is 2.13. The van der Waals surface area contributed by atoms with Crippen LogP contribution in [0.4, 0.5) is 0 Å². The summed E-state index contributed by atoms with van der Waals surface area (Å²) in [7, 11) is 1.57. The third kappa shape index (κ3) is 1.75. The first-order chi connectivity index (χ1) is 5.16. The van der Waals surface area contributed by atoms with Crippen LogP contribution in [0.5, 0.6) is 0 Å². The number of aromatic nitrogens is 2. The van der Waals surface area contributed by atoms with Crippen LogP contribution in [0.1, 0.15) is 16.1 Å². The van der Waals surface area contributed by atoms with E-state index in [1.165, 1.54) is 10.9 Å². The van der Waals surface area contributed by atoms with Crippen LogP contribution >= 0.6 is 12.4 Å². The molecule has 0 unspecified atom stereocenters. The number of hydrogen-bond donors (Lipinski definition) is 2. The van der Waals surface area contributed by atoms with Crippen molar-refractivity contribution in [3.05, 3.63) is 17.5 Å². The highest BCUT2D eigenvalue weighted by atomic mass is 35.5. The molecule has 0 amide bonds. The first-order valence-electron chi connectivity index (χ1n) is 3.11. The molecule has 0 aliphatic heterocycles. The minimum atomic E-state index is -0.995. The van der Waals surface area contributed by atoms with Crippen molar-refractivity contribution >= 4 is 18.4 Å². The number of nitrogens with two attached hydrogens (primary N) is 1. The van der Waals surface area contributed by atoms with Gasteiger partial charge in [0, 0.05) is 19.2 Å². The molecule has 0 radical (unpaired) electrons. The summed E-state index contributed by atoms with van der Waals surface area (Å²) in [6.45, 7) is 0.204. The maximum atomic E-state index is 10.5. The smallest absolute Gasteiger partial charge is 0.354 e. The lowest BCUT2D eigenvalue weighted by atomic mass is 10.2. The standard InChI is InChI=1S/C6H9N3O2.ClH/c1-9-5(6(10)11)4(2-7)3-8-9;/h3H,2,7H2,1H3,(H,10,11);1H. The molecule has 68 valence electrons. The normalized spacial score (nSPS) is 9.17. The van der Waals surface area contributed by atoms with Crippen LogP contribution in [0.25, 0.3) is 0 Å². The van der Waals surface area contributed by atoms with Crippen LogP contribution in [0.2, 0.25) is 0 Å². The van der Waals surface area contributed by atoms with Crippen LogP contribution in [0, 0.1) is 0 Å². The van der Waals surface area contributed by atoms with Crippen molar-refractivity contribution < 1.29 is 9.90 Å². The van der Waals surface area contributed by atoms with E-state index in [2.05, 4.69) is 5.10 Å². The Hall–Kier alpha value is -1.07. The third-order valence-electron chi connectivity index (χ3n) is 1.44. The first kappa shape index (κ1) is 10.9. The second-order valence-corrected chi connectivity index (χ2v) is 2.15. The quantitative estimate of drug-likeness (QED) is 0.690. The van der Waals surface area contributed by atoms with Gasteiger partial charge in [-0.1, -0.05) is 0 Å². The molecular weight excluding hydrogens is 182 g/mol. The predicted molar refractivity (Wildman–Crippen MR) is 45.3 cm³/mol. The number of carboxylic acids is 1. The lowest BCUT2D eigenvalue weighted by Crippen LogP contribution is -2.10. The van der Waals surface area contributed by atoms with Crippen molar-refractivity contribution in [2.75, 3.05) is 0 Å². The van der Waals surface area contributed by atoms with Crippen LogP contribution in [0.15, 0.2) is 6.20 Å². The molecule has 0 saturated heterocycles. The van der Waals surface area contributed by atoms with Gasteiger partial charge in [-0.05, 0) is 0 Å². The van der Waals surface area contributed by atoms with E-state index in [1.54, 1.807) is 7.05 Å². The Bertz CT molecular complexity index is 284. The molecule has 1 rings (SSSR count). The van der Waals surface area contributed by atoms with E-state index in [1.807, 2.05) is 0 Å². The van der Waals surface area contributed by atoms with E-state index in [9.17, 15) is 4.79 Å². The minimum absolute atomic E-state index is 0. The average molecular weight is 192 g/mol. The molecule has 1 heterocycles. The van der Waals surface area contributed by atoms with Crippen molar-refractivity contribution in [2.24, 2.45) is 12.8 Å². The van der Waals surface area contributed by atoms with Crippen LogP contribution < -0.4 is 5.73 Å². The number of aryl methyl sites for hydroxylation is 1. The van der Waals surface area contributed by atoms with Gasteiger partial charge in [-0.25, -0.2) is 4.79 Å². The molecule has 3 N–H and O–H groups in total. The van der Waals surface area contributed by atoms with Gasteiger partial charge < -0.3 is 10.8 Å². The van der Waals surface area contributed by atoms with Gasteiger partial charge in [0.1, 0.15) is 5.69 Å². The van der Waals surface area contributed by atoms with Crippen molar-refractivity contribution in [1.29, 1.82) is 0 Å². The van der Waals surface area contributed by atoms with Crippen LogP contribution in [0.3, 0.4) is 0 Å². The molecule has 1 aromatic rings. The fourth-order valence-electron chi connectivity index (χ4n) is 0.908. The molecule has 6 heteroatoms. The van der Waals surface area contributed by atoms with E-state index in [0.29, 0.717) is 5.56 Å². The molecule has 12 heavy (non-hydrogen) atoms. The summed E-state index contributed by atoms with van der Waals surface area (Å²) in [4.78, 5) is 10.5. The molecule has 0 saturated carbocycles. The largest absolute Gasteiger partial charge is 0.477 e. The highest BCUT2D eigenvalue weighted by Crippen LogP contribution is 2.05. The Morgan fingerprint density at radius 1 is 1.83 bits per heavy atom. The summed E-state index contributed by atoms with van der Waals surface area (Å²) in [6.07, 6.45) is 1.46. The number of carboxylic acid groups (broad SMARTS) is 1. The monoisotopic (exact) mass is 191 g/mol. The molecular formula is C6H10ClN3O2. The lowest BCUT2D eigenvalue weighted by Gasteiger charge is -1.96. The Morgan fingerprint density at radius 2 is 2.42 bits per heavy atom. The van der Waals surface area contributed by atoms with Gasteiger partial charge >= 0.3 is 5.97 Å². The van der Waals surface area contributed by atoms with Gasteiger partial charge in [0.2, 0.25) is 0 Å². The van der Waals surface area contributed by atoms with Crippen LogP contribution in [-0.4, -0.2) is 20.9 Å². The van der Waals surface area contributed by atoms with Gasteiger partial charge in [0.15, 0.2) is 0 Å². The Labute approximate surface area is 75.6 Å². The number of halogens is 1. The van der Waals surface area contributed by atoms with Gasteiger partial charge in [-0.15, -0.1) is 12.4 Å². The molecule has 0 fully saturated rings. The molecule has 0 aliphatic rings. The van der Waals surface area contributed by atoms with Crippen molar-refractivity contribution in [3.63, 3.8) is 0 Å². The van der Waals surface area contributed by atoms with Crippen molar-refractivity contribution in [1.82, 2.24) is 9.78 Å². The van der Waals surface area contributed by atoms with E-state index in [4.69, 9.17) is 10.8 Å².